The van der Waals surface area contributed by atoms with Crippen LogP contribution in [0.25, 0.3) is 10.9 Å². The number of aromatic nitrogens is 3. The molecule has 2 aromatic heterocycles. The molecule has 0 saturated carbocycles. The lowest BCUT2D eigenvalue weighted by Crippen LogP contribution is -2.24. The molecule has 0 amide bonds. The summed E-state index contributed by atoms with van der Waals surface area (Å²) in [5.41, 5.74) is 3.43. The Balaban J connectivity index is 1.92. The van der Waals surface area contributed by atoms with Crippen molar-refractivity contribution in [2.75, 3.05) is 11.4 Å². The normalized spacial score (nSPS) is 10.9. The average molecular weight is 266 g/mol. The molecule has 0 radical (unpaired) electrons. The van der Waals surface area contributed by atoms with Crippen LogP contribution >= 0.6 is 0 Å². The Labute approximate surface area is 118 Å². The second-order valence-corrected chi connectivity index (χ2v) is 4.87. The largest absolute Gasteiger partial charge is 0.361 e. The molecule has 0 spiro atoms. The quantitative estimate of drug-likeness (QED) is 0.788. The van der Waals surface area contributed by atoms with E-state index in [0.29, 0.717) is 0 Å². The van der Waals surface area contributed by atoms with Gasteiger partial charge in [0.1, 0.15) is 0 Å². The molecule has 4 heteroatoms. The third-order valence-electron chi connectivity index (χ3n) is 3.48. The van der Waals surface area contributed by atoms with Crippen LogP contribution in [-0.2, 0) is 6.54 Å². The van der Waals surface area contributed by atoms with Crippen LogP contribution in [-0.4, -0.2) is 21.5 Å². The summed E-state index contributed by atoms with van der Waals surface area (Å²) < 4.78 is 0. The van der Waals surface area contributed by atoms with Gasteiger partial charge in [0, 0.05) is 42.1 Å². The number of hydrogen-bond acceptors (Lipinski definition) is 3. The molecule has 0 aliphatic carbocycles. The third kappa shape index (κ3) is 2.37. The fraction of sp³-hybridized carbons (Fsp3) is 0.250. The van der Waals surface area contributed by atoms with Crippen molar-refractivity contribution in [3.63, 3.8) is 0 Å². The maximum Gasteiger partial charge on any atom is 0.225 e. The summed E-state index contributed by atoms with van der Waals surface area (Å²) in [5.74, 6) is 0.790. The van der Waals surface area contributed by atoms with E-state index in [1.165, 1.54) is 16.5 Å². The van der Waals surface area contributed by atoms with Gasteiger partial charge in [-0.1, -0.05) is 18.2 Å². The van der Waals surface area contributed by atoms with E-state index in [4.69, 9.17) is 0 Å². The molecule has 3 rings (SSSR count). The monoisotopic (exact) mass is 266 g/mol. The van der Waals surface area contributed by atoms with Gasteiger partial charge in [-0.25, -0.2) is 9.97 Å². The Hall–Kier alpha value is -2.36. The molecule has 1 N–H and O–H groups in total. The number of nitrogens with zero attached hydrogens (tertiary/aromatic N) is 3. The molecule has 0 fully saturated rings. The van der Waals surface area contributed by atoms with Crippen molar-refractivity contribution >= 4 is 16.9 Å². The predicted molar refractivity (Wildman–Crippen MR) is 81.8 cm³/mol. The van der Waals surface area contributed by atoms with Crippen LogP contribution in [0.5, 0.6) is 0 Å². The number of rotatable bonds is 4. The number of aromatic amines is 1. The number of fused-ring (bicyclic) bond motifs is 1. The fourth-order valence-electron chi connectivity index (χ4n) is 2.38. The van der Waals surface area contributed by atoms with Gasteiger partial charge in [0.2, 0.25) is 5.95 Å². The molecule has 102 valence electrons. The number of para-hydroxylation sites is 1. The highest BCUT2D eigenvalue weighted by molar-refractivity contribution is 5.83. The van der Waals surface area contributed by atoms with Gasteiger partial charge >= 0.3 is 0 Å². The minimum atomic E-state index is 0.790. The maximum atomic E-state index is 4.51. The predicted octanol–water partition coefficient (Wildman–Crippen LogP) is 3.29. The van der Waals surface area contributed by atoms with Gasteiger partial charge in [-0.05, 0) is 31.5 Å². The highest BCUT2D eigenvalue weighted by Crippen LogP contribution is 2.20. The molecule has 0 atom stereocenters. The minimum Gasteiger partial charge on any atom is -0.361 e. The first-order chi connectivity index (χ1) is 9.78. The molecule has 4 nitrogen and oxygen atoms in total. The number of aryl methyl sites for hydroxylation is 1. The molecular formula is C16H18N4. The van der Waals surface area contributed by atoms with Crippen LogP contribution in [0.4, 0.5) is 5.95 Å². The van der Waals surface area contributed by atoms with Crippen molar-refractivity contribution in [1.82, 2.24) is 15.0 Å². The van der Waals surface area contributed by atoms with Gasteiger partial charge in [-0.3, -0.25) is 0 Å². The topological polar surface area (TPSA) is 44.8 Å². The number of nitrogens with one attached hydrogen (secondary N) is 1. The van der Waals surface area contributed by atoms with Gasteiger partial charge in [-0.15, -0.1) is 0 Å². The summed E-state index contributed by atoms with van der Waals surface area (Å²) in [6.45, 7) is 5.80. The van der Waals surface area contributed by atoms with Crippen molar-refractivity contribution in [3.8, 4) is 0 Å². The zero-order valence-electron chi connectivity index (χ0n) is 11.8. The van der Waals surface area contributed by atoms with Crippen molar-refractivity contribution in [2.45, 2.75) is 20.4 Å². The van der Waals surface area contributed by atoms with E-state index in [1.807, 2.05) is 25.3 Å². The lowest BCUT2D eigenvalue weighted by Gasteiger charge is -2.20. The van der Waals surface area contributed by atoms with E-state index in [2.05, 4.69) is 51.2 Å². The lowest BCUT2D eigenvalue weighted by molar-refractivity contribution is 0.790. The highest BCUT2D eigenvalue weighted by atomic mass is 15.2. The third-order valence-corrected chi connectivity index (χ3v) is 3.48. The molecule has 0 bridgehead atoms. The van der Waals surface area contributed by atoms with E-state index >= 15 is 0 Å². The van der Waals surface area contributed by atoms with Crippen LogP contribution in [0.3, 0.4) is 0 Å². The Morgan fingerprint density at radius 1 is 1.20 bits per heavy atom. The number of H-pyrrole nitrogens is 1. The number of hydrogen-bond donors (Lipinski definition) is 1. The second-order valence-electron chi connectivity index (χ2n) is 4.87. The van der Waals surface area contributed by atoms with Crippen molar-refractivity contribution in [3.05, 3.63) is 54.0 Å². The van der Waals surface area contributed by atoms with Gasteiger partial charge in [-0.2, -0.15) is 0 Å². The van der Waals surface area contributed by atoms with Crippen LogP contribution in [0.15, 0.2) is 42.7 Å². The maximum absolute atomic E-state index is 4.51. The second kappa shape index (κ2) is 5.33. The summed E-state index contributed by atoms with van der Waals surface area (Å²) in [5, 5.41) is 1.26. The summed E-state index contributed by atoms with van der Waals surface area (Å²) in [7, 11) is 0. The zero-order chi connectivity index (χ0) is 13.9. The average Bonchev–Trinajstić information content (AvgIpc) is 2.88. The Morgan fingerprint density at radius 2 is 2.05 bits per heavy atom. The van der Waals surface area contributed by atoms with E-state index in [-0.39, 0.29) is 0 Å². The smallest absolute Gasteiger partial charge is 0.225 e. The number of benzene rings is 1. The van der Waals surface area contributed by atoms with Crippen LogP contribution < -0.4 is 4.90 Å². The minimum absolute atomic E-state index is 0.790. The fourth-order valence-corrected chi connectivity index (χ4v) is 2.38. The van der Waals surface area contributed by atoms with E-state index in [0.717, 1.165) is 24.7 Å². The van der Waals surface area contributed by atoms with Crippen LogP contribution in [0, 0.1) is 6.92 Å². The first kappa shape index (κ1) is 12.7. The molecule has 3 aromatic rings. The summed E-state index contributed by atoms with van der Waals surface area (Å²) in [6, 6.07) is 10.3. The number of anilines is 1. The summed E-state index contributed by atoms with van der Waals surface area (Å²) in [6.07, 6.45) is 3.89. The van der Waals surface area contributed by atoms with Crippen LogP contribution in [0.2, 0.25) is 0 Å². The Morgan fingerprint density at radius 3 is 2.85 bits per heavy atom. The van der Waals surface area contributed by atoms with Gasteiger partial charge in [0.05, 0.1) is 0 Å². The molecule has 0 aliphatic heterocycles. The lowest BCUT2D eigenvalue weighted by atomic mass is 10.1. The first-order valence-corrected chi connectivity index (χ1v) is 6.87. The van der Waals surface area contributed by atoms with Crippen molar-refractivity contribution in [2.24, 2.45) is 0 Å². The standard InChI is InChI=1S/C16H18N4/c1-3-20(16-17-9-8-12(2)19-16)11-13-10-18-15-7-5-4-6-14(13)15/h4-10,18H,3,11H2,1-2H3. The molecule has 0 saturated heterocycles. The SMILES string of the molecule is CCN(Cc1c[nH]c2ccccc12)c1nccc(C)n1. The molecule has 20 heavy (non-hydrogen) atoms. The Kier molecular flexibility index (Phi) is 3.37. The van der Waals surface area contributed by atoms with E-state index in [9.17, 15) is 0 Å². The van der Waals surface area contributed by atoms with Gasteiger partial charge < -0.3 is 9.88 Å². The van der Waals surface area contributed by atoms with E-state index in [1.54, 1.807) is 0 Å². The van der Waals surface area contributed by atoms with Crippen molar-refractivity contribution < 1.29 is 0 Å². The zero-order valence-corrected chi connectivity index (χ0v) is 11.8. The molecule has 2 heterocycles. The molecule has 1 aromatic carbocycles. The molecule has 0 aliphatic rings. The van der Waals surface area contributed by atoms with Crippen molar-refractivity contribution in [1.29, 1.82) is 0 Å². The molecule has 0 unspecified atom stereocenters. The summed E-state index contributed by atoms with van der Waals surface area (Å²) in [4.78, 5) is 14.4. The van der Waals surface area contributed by atoms with Gasteiger partial charge in [0.15, 0.2) is 0 Å². The molecular weight excluding hydrogens is 248 g/mol. The Bertz CT molecular complexity index is 717. The van der Waals surface area contributed by atoms with E-state index < -0.39 is 0 Å². The van der Waals surface area contributed by atoms with Gasteiger partial charge in [0.25, 0.3) is 0 Å². The highest BCUT2D eigenvalue weighted by Gasteiger charge is 2.11. The van der Waals surface area contributed by atoms with Crippen LogP contribution in [0.1, 0.15) is 18.2 Å². The first-order valence-electron chi connectivity index (χ1n) is 6.87. The summed E-state index contributed by atoms with van der Waals surface area (Å²) >= 11 is 0.